The molecule has 118 valence electrons. The molecule has 2 aliphatic rings. The van der Waals surface area contributed by atoms with Gasteiger partial charge >= 0.3 is 6.03 Å². The zero-order valence-electron chi connectivity index (χ0n) is 12.6. The molecule has 1 atom stereocenters. The first-order valence-corrected chi connectivity index (χ1v) is 7.45. The first kappa shape index (κ1) is 15.8. The molecule has 0 bridgehead atoms. The summed E-state index contributed by atoms with van der Waals surface area (Å²) in [6, 6.07) is -0.307. The van der Waals surface area contributed by atoms with Crippen molar-refractivity contribution >= 4 is 17.8 Å². The van der Waals surface area contributed by atoms with E-state index in [1.807, 2.05) is 0 Å². The van der Waals surface area contributed by atoms with Gasteiger partial charge in [0, 0.05) is 20.2 Å². The van der Waals surface area contributed by atoms with Crippen molar-refractivity contribution in [2.45, 2.75) is 50.7 Å². The van der Waals surface area contributed by atoms with E-state index in [4.69, 9.17) is 4.74 Å². The predicted molar refractivity (Wildman–Crippen MR) is 75.5 cm³/mol. The Morgan fingerprint density at radius 3 is 2.71 bits per heavy atom. The predicted octanol–water partition coefficient (Wildman–Crippen LogP) is 0.392. The van der Waals surface area contributed by atoms with E-state index in [1.165, 1.54) is 12.0 Å². The van der Waals surface area contributed by atoms with E-state index < -0.39 is 11.6 Å². The van der Waals surface area contributed by atoms with Gasteiger partial charge in [0.15, 0.2) is 0 Å². The molecule has 1 saturated carbocycles. The summed E-state index contributed by atoms with van der Waals surface area (Å²) in [5.41, 5.74) is -0.648. The molecule has 0 aromatic heterocycles. The SMILES string of the molecule is CO[C@@H](C)C(=O)NCCCN1C(=O)NC2(CCCC2)C1=O. The van der Waals surface area contributed by atoms with Gasteiger partial charge in [-0.15, -0.1) is 0 Å². The van der Waals surface area contributed by atoms with E-state index >= 15 is 0 Å². The number of hydrogen-bond acceptors (Lipinski definition) is 4. The maximum Gasteiger partial charge on any atom is 0.325 e. The Labute approximate surface area is 124 Å². The second-order valence-corrected chi connectivity index (χ2v) is 5.70. The van der Waals surface area contributed by atoms with Crippen LogP contribution in [-0.4, -0.2) is 54.6 Å². The lowest BCUT2D eigenvalue weighted by Gasteiger charge is -2.20. The summed E-state index contributed by atoms with van der Waals surface area (Å²) in [7, 11) is 1.47. The van der Waals surface area contributed by atoms with Crippen LogP contribution in [0.4, 0.5) is 4.79 Å². The average molecular weight is 297 g/mol. The van der Waals surface area contributed by atoms with Crippen LogP contribution in [0.1, 0.15) is 39.0 Å². The van der Waals surface area contributed by atoms with E-state index in [9.17, 15) is 14.4 Å². The number of nitrogens with zero attached hydrogens (tertiary/aromatic N) is 1. The molecule has 0 unspecified atom stereocenters. The summed E-state index contributed by atoms with van der Waals surface area (Å²) in [6.07, 6.45) is 3.46. The fraction of sp³-hybridized carbons (Fsp3) is 0.786. The van der Waals surface area contributed by atoms with Gasteiger partial charge < -0.3 is 15.4 Å². The van der Waals surface area contributed by atoms with Crippen LogP contribution in [0.2, 0.25) is 0 Å². The minimum atomic E-state index is -0.648. The van der Waals surface area contributed by atoms with Crippen molar-refractivity contribution < 1.29 is 19.1 Å². The summed E-state index contributed by atoms with van der Waals surface area (Å²) < 4.78 is 4.90. The van der Waals surface area contributed by atoms with Crippen molar-refractivity contribution in [2.75, 3.05) is 20.2 Å². The van der Waals surface area contributed by atoms with Crippen molar-refractivity contribution in [1.82, 2.24) is 15.5 Å². The Morgan fingerprint density at radius 1 is 1.43 bits per heavy atom. The van der Waals surface area contributed by atoms with Gasteiger partial charge in [-0.3, -0.25) is 14.5 Å². The normalized spacial score (nSPS) is 21.7. The number of carbonyl (C=O) groups is 3. The van der Waals surface area contributed by atoms with E-state index in [0.717, 1.165) is 25.7 Å². The van der Waals surface area contributed by atoms with Gasteiger partial charge in [0.1, 0.15) is 11.6 Å². The van der Waals surface area contributed by atoms with Gasteiger partial charge in [0.2, 0.25) is 5.91 Å². The van der Waals surface area contributed by atoms with Crippen LogP contribution in [0.15, 0.2) is 0 Å². The molecule has 21 heavy (non-hydrogen) atoms. The molecule has 1 heterocycles. The highest BCUT2D eigenvalue weighted by atomic mass is 16.5. The number of rotatable bonds is 6. The topological polar surface area (TPSA) is 87.7 Å². The van der Waals surface area contributed by atoms with Gasteiger partial charge in [-0.25, -0.2) is 4.79 Å². The molecule has 1 aliphatic heterocycles. The number of carbonyl (C=O) groups excluding carboxylic acids is 3. The maximum absolute atomic E-state index is 12.4. The van der Waals surface area contributed by atoms with E-state index in [0.29, 0.717) is 19.5 Å². The Kier molecular flexibility index (Phi) is 4.82. The molecule has 0 aromatic carbocycles. The minimum Gasteiger partial charge on any atom is -0.372 e. The lowest BCUT2D eigenvalue weighted by molar-refractivity contribution is -0.131. The fourth-order valence-corrected chi connectivity index (χ4v) is 2.90. The van der Waals surface area contributed by atoms with E-state index in [-0.39, 0.29) is 17.8 Å². The Bertz CT molecular complexity index is 432. The fourth-order valence-electron chi connectivity index (χ4n) is 2.90. The second-order valence-electron chi connectivity index (χ2n) is 5.70. The Balaban J connectivity index is 1.77. The summed E-state index contributed by atoms with van der Waals surface area (Å²) in [4.78, 5) is 37.1. The third-order valence-electron chi connectivity index (χ3n) is 4.28. The molecule has 0 aromatic rings. The largest absolute Gasteiger partial charge is 0.372 e. The molecule has 1 saturated heterocycles. The second kappa shape index (κ2) is 6.43. The molecule has 7 heteroatoms. The zero-order valence-corrected chi connectivity index (χ0v) is 12.6. The van der Waals surface area contributed by atoms with Gasteiger partial charge in [-0.2, -0.15) is 0 Å². The quantitative estimate of drug-likeness (QED) is 0.548. The first-order valence-electron chi connectivity index (χ1n) is 7.45. The van der Waals surface area contributed by atoms with Crippen LogP contribution in [0, 0.1) is 0 Å². The highest BCUT2D eigenvalue weighted by molar-refractivity contribution is 6.07. The number of amides is 4. The molecule has 4 amide bonds. The molecule has 2 N–H and O–H groups in total. The first-order chi connectivity index (χ1) is 10.00. The molecule has 2 fully saturated rings. The monoisotopic (exact) mass is 297 g/mol. The summed E-state index contributed by atoms with van der Waals surface area (Å²) in [5, 5.41) is 5.55. The van der Waals surface area contributed by atoms with E-state index in [1.54, 1.807) is 6.92 Å². The third kappa shape index (κ3) is 3.18. The molecule has 0 radical (unpaired) electrons. The summed E-state index contributed by atoms with van der Waals surface area (Å²) >= 11 is 0. The van der Waals surface area contributed by atoms with Crippen molar-refractivity contribution in [2.24, 2.45) is 0 Å². The number of nitrogens with one attached hydrogen (secondary N) is 2. The smallest absolute Gasteiger partial charge is 0.325 e. The van der Waals surface area contributed by atoms with Crippen molar-refractivity contribution in [1.29, 1.82) is 0 Å². The standard InChI is InChI=1S/C14H23N3O4/c1-10(21-2)11(18)15-8-5-9-17-12(19)14(16-13(17)20)6-3-4-7-14/h10H,3-9H2,1-2H3,(H,15,18)(H,16,20)/t10-/m0/s1. The van der Waals surface area contributed by atoms with Gasteiger partial charge in [0.25, 0.3) is 5.91 Å². The number of hydrogen-bond donors (Lipinski definition) is 2. The van der Waals surface area contributed by atoms with Crippen molar-refractivity contribution in [3.05, 3.63) is 0 Å². The molecule has 1 spiro atoms. The van der Waals surface area contributed by atoms with Crippen LogP contribution in [0.25, 0.3) is 0 Å². The number of imide groups is 1. The molecule has 1 aliphatic carbocycles. The van der Waals surface area contributed by atoms with Gasteiger partial charge in [-0.1, -0.05) is 12.8 Å². The summed E-state index contributed by atoms with van der Waals surface area (Å²) in [5.74, 6) is -0.302. The number of urea groups is 1. The Hall–Kier alpha value is -1.63. The van der Waals surface area contributed by atoms with Crippen LogP contribution < -0.4 is 10.6 Å². The van der Waals surface area contributed by atoms with Gasteiger partial charge in [-0.05, 0) is 26.2 Å². The van der Waals surface area contributed by atoms with Crippen LogP contribution >= 0.6 is 0 Å². The average Bonchev–Trinajstić information content (AvgIpc) is 3.02. The number of ether oxygens (including phenoxy) is 1. The third-order valence-corrected chi connectivity index (χ3v) is 4.28. The minimum absolute atomic E-state index is 0.110. The highest BCUT2D eigenvalue weighted by Crippen LogP contribution is 2.34. The van der Waals surface area contributed by atoms with Crippen molar-refractivity contribution in [3.63, 3.8) is 0 Å². The lowest BCUT2D eigenvalue weighted by Crippen LogP contribution is -2.44. The molecule has 2 rings (SSSR count). The van der Waals surface area contributed by atoms with Crippen molar-refractivity contribution in [3.8, 4) is 0 Å². The molecular formula is C14H23N3O4. The van der Waals surface area contributed by atoms with E-state index in [2.05, 4.69) is 10.6 Å². The lowest BCUT2D eigenvalue weighted by atomic mass is 9.98. The van der Waals surface area contributed by atoms with Crippen LogP contribution in [0.3, 0.4) is 0 Å². The molecular weight excluding hydrogens is 274 g/mol. The maximum atomic E-state index is 12.4. The van der Waals surface area contributed by atoms with Gasteiger partial charge in [0.05, 0.1) is 0 Å². The Morgan fingerprint density at radius 2 is 2.10 bits per heavy atom. The van der Waals surface area contributed by atoms with Crippen LogP contribution in [-0.2, 0) is 14.3 Å². The highest BCUT2D eigenvalue weighted by Gasteiger charge is 2.51. The number of methoxy groups -OCH3 is 1. The zero-order chi connectivity index (χ0) is 15.5. The van der Waals surface area contributed by atoms with Crippen LogP contribution in [0.5, 0.6) is 0 Å². The summed E-state index contributed by atoms with van der Waals surface area (Å²) in [6.45, 7) is 2.40. The molecule has 7 nitrogen and oxygen atoms in total.